The molecule has 0 fully saturated rings. The van der Waals surface area contributed by atoms with Crippen molar-refractivity contribution >= 4 is 5.90 Å². The van der Waals surface area contributed by atoms with Crippen LogP contribution < -0.4 is 0 Å². The lowest BCUT2D eigenvalue weighted by molar-refractivity contribution is 0.197. The summed E-state index contributed by atoms with van der Waals surface area (Å²) in [5.74, 6) is 0.724. The van der Waals surface area contributed by atoms with Gasteiger partial charge in [0, 0.05) is 5.56 Å². The highest BCUT2D eigenvalue weighted by Crippen LogP contribution is 2.41. The second-order valence-electron chi connectivity index (χ2n) is 6.11. The van der Waals surface area contributed by atoms with Crippen molar-refractivity contribution in [1.29, 1.82) is 0 Å². The number of nitrogens with zero attached hydrogens (tertiary/aromatic N) is 1. The number of aliphatic imine (C=N–C) groups is 1. The van der Waals surface area contributed by atoms with Gasteiger partial charge in [0.1, 0.15) is 6.04 Å². The van der Waals surface area contributed by atoms with Gasteiger partial charge in [0.25, 0.3) is 0 Å². The van der Waals surface area contributed by atoms with Gasteiger partial charge in [-0.1, -0.05) is 78.4 Å². The maximum Gasteiger partial charge on any atom is 0.217 e. The lowest BCUT2D eigenvalue weighted by Crippen LogP contribution is -2.09. The van der Waals surface area contributed by atoms with E-state index in [2.05, 4.69) is 61.5 Å². The van der Waals surface area contributed by atoms with E-state index in [4.69, 9.17) is 9.73 Å². The van der Waals surface area contributed by atoms with Crippen LogP contribution in [0.5, 0.6) is 0 Å². The zero-order valence-corrected chi connectivity index (χ0v) is 13.6. The molecular weight excluding hydrogens is 294 g/mol. The maximum atomic E-state index is 6.31. The first-order valence-corrected chi connectivity index (χ1v) is 8.23. The van der Waals surface area contributed by atoms with Gasteiger partial charge in [-0.2, -0.15) is 0 Å². The van der Waals surface area contributed by atoms with Crippen LogP contribution in [-0.4, -0.2) is 5.90 Å². The Labute approximate surface area is 142 Å². The summed E-state index contributed by atoms with van der Waals surface area (Å²) in [6, 6.07) is 29.0. The van der Waals surface area contributed by atoms with Crippen LogP contribution in [0.1, 0.15) is 34.4 Å². The smallest absolute Gasteiger partial charge is 0.217 e. The number of hydrogen-bond donors (Lipinski definition) is 0. The molecule has 0 amide bonds. The molecule has 24 heavy (non-hydrogen) atoms. The van der Waals surface area contributed by atoms with Crippen LogP contribution in [0.25, 0.3) is 0 Å². The Morgan fingerprint density at radius 1 is 0.750 bits per heavy atom. The molecule has 2 nitrogen and oxygen atoms in total. The fraction of sp³-hybridized carbons (Fsp3) is 0.136. The Kier molecular flexibility index (Phi) is 3.87. The van der Waals surface area contributed by atoms with Gasteiger partial charge in [0.15, 0.2) is 6.10 Å². The summed E-state index contributed by atoms with van der Waals surface area (Å²) in [6.07, 6.45) is -0.0934. The number of benzene rings is 3. The van der Waals surface area contributed by atoms with E-state index in [0.717, 1.165) is 17.0 Å². The van der Waals surface area contributed by atoms with Crippen LogP contribution >= 0.6 is 0 Å². The Morgan fingerprint density at radius 3 is 2.08 bits per heavy atom. The number of hydrogen-bond acceptors (Lipinski definition) is 2. The van der Waals surface area contributed by atoms with E-state index in [1.807, 2.05) is 30.3 Å². The molecule has 118 valence electrons. The average molecular weight is 313 g/mol. The molecule has 0 saturated heterocycles. The Bertz CT molecular complexity index is 855. The van der Waals surface area contributed by atoms with E-state index < -0.39 is 0 Å². The molecule has 1 aliphatic heterocycles. The van der Waals surface area contributed by atoms with Crippen LogP contribution in [0.4, 0.5) is 0 Å². The maximum absolute atomic E-state index is 6.31. The molecular formula is C22H19NO. The van der Waals surface area contributed by atoms with Gasteiger partial charge >= 0.3 is 0 Å². The molecule has 2 heteroatoms. The van der Waals surface area contributed by atoms with Crippen molar-refractivity contribution in [2.75, 3.05) is 0 Å². The molecule has 4 rings (SSSR count). The zero-order chi connectivity index (χ0) is 16.4. The van der Waals surface area contributed by atoms with E-state index in [1.165, 1.54) is 11.1 Å². The second kappa shape index (κ2) is 6.32. The van der Waals surface area contributed by atoms with Crippen LogP contribution in [0.2, 0.25) is 0 Å². The van der Waals surface area contributed by atoms with Gasteiger partial charge < -0.3 is 4.74 Å². The summed E-state index contributed by atoms with van der Waals surface area (Å²) in [4.78, 5) is 4.92. The largest absolute Gasteiger partial charge is 0.467 e. The molecule has 0 aliphatic carbocycles. The lowest BCUT2D eigenvalue weighted by Gasteiger charge is -2.18. The topological polar surface area (TPSA) is 21.6 Å². The molecule has 0 spiro atoms. The van der Waals surface area contributed by atoms with E-state index in [1.54, 1.807) is 0 Å². The molecule has 1 aliphatic rings. The molecule has 0 radical (unpaired) electrons. The Balaban J connectivity index is 1.76. The van der Waals surface area contributed by atoms with Gasteiger partial charge in [0.05, 0.1) is 0 Å². The number of ether oxygens (including phenoxy) is 1. The third kappa shape index (κ3) is 2.83. The lowest BCUT2D eigenvalue weighted by atomic mass is 9.97. The first-order valence-electron chi connectivity index (χ1n) is 8.23. The summed E-state index contributed by atoms with van der Waals surface area (Å²) in [7, 11) is 0. The van der Waals surface area contributed by atoms with Crippen LogP contribution in [0, 0.1) is 6.92 Å². The van der Waals surface area contributed by atoms with Gasteiger partial charge in [-0.05, 0) is 30.2 Å². The third-order valence-corrected chi connectivity index (χ3v) is 4.32. The van der Waals surface area contributed by atoms with Crippen molar-refractivity contribution in [3.63, 3.8) is 0 Å². The van der Waals surface area contributed by atoms with Crippen molar-refractivity contribution in [2.24, 2.45) is 4.99 Å². The van der Waals surface area contributed by atoms with Crippen LogP contribution in [0.15, 0.2) is 89.9 Å². The van der Waals surface area contributed by atoms with Crippen LogP contribution in [0.3, 0.4) is 0 Å². The van der Waals surface area contributed by atoms with Crippen molar-refractivity contribution in [2.45, 2.75) is 19.1 Å². The summed E-state index contributed by atoms with van der Waals surface area (Å²) < 4.78 is 6.31. The quantitative estimate of drug-likeness (QED) is 0.647. The SMILES string of the molecule is Cc1cccc(C2=NC(c3ccccc3)C(c3ccccc3)O2)c1. The van der Waals surface area contributed by atoms with E-state index >= 15 is 0 Å². The second-order valence-corrected chi connectivity index (χ2v) is 6.11. The minimum atomic E-state index is -0.0934. The van der Waals surface area contributed by atoms with Gasteiger partial charge in [-0.3, -0.25) is 0 Å². The summed E-state index contributed by atoms with van der Waals surface area (Å²) in [5, 5.41) is 0. The highest BCUT2D eigenvalue weighted by atomic mass is 16.5. The minimum absolute atomic E-state index is 0.0240. The predicted octanol–water partition coefficient (Wildman–Crippen LogP) is 5.25. The third-order valence-electron chi connectivity index (χ3n) is 4.32. The van der Waals surface area contributed by atoms with Crippen molar-refractivity contribution in [1.82, 2.24) is 0 Å². The Hall–Kier alpha value is -2.87. The van der Waals surface area contributed by atoms with Gasteiger partial charge in [0.2, 0.25) is 5.90 Å². The zero-order valence-electron chi connectivity index (χ0n) is 13.6. The molecule has 0 aromatic heterocycles. The fourth-order valence-corrected chi connectivity index (χ4v) is 3.12. The molecule has 2 unspecified atom stereocenters. The fourth-order valence-electron chi connectivity index (χ4n) is 3.12. The standard InChI is InChI=1S/C22H19NO/c1-16-9-8-14-19(15-16)22-23-20(17-10-4-2-5-11-17)21(24-22)18-12-6-3-7-13-18/h2-15,20-21H,1H3. The van der Waals surface area contributed by atoms with Crippen molar-refractivity contribution in [3.05, 3.63) is 107 Å². The first kappa shape index (κ1) is 14.7. The number of rotatable bonds is 3. The molecule has 0 N–H and O–H groups in total. The van der Waals surface area contributed by atoms with Gasteiger partial charge in [-0.25, -0.2) is 4.99 Å². The molecule has 3 aromatic rings. The molecule has 2 atom stereocenters. The van der Waals surface area contributed by atoms with Crippen molar-refractivity contribution < 1.29 is 4.74 Å². The van der Waals surface area contributed by atoms with Gasteiger partial charge in [-0.15, -0.1) is 0 Å². The molecule has 3 aromatic carbocycles. The first-order chi connectivity index (χ1) is 11.8. The van der Waals surface area contributed by atoms with E-state index in [9.17, 15) is 0 Å². The normalized spacial score (nSPS) is 19.6. The van der Waals surface area contributed by atoms with E-state index in [-0.39, 0.29) is 12.1 Å². The predicted molar refractivity (Wildman–Crippen MR) is 97.2 cm³/mol. The highest BCUT2D eigenvalue weighted by Gasteiger charge is 2.33. The van der Waals surface area contributed by atoms with Crippen LogP contribution in [-0.2, 0) is 4.74 Å². The average Bonchev–Trinajstić information content (AvgIpc) is 3.09. The summed E-state index contributed by atoms with van der Waals surface area (Å²) >= 11 is 0. The molecule has 0 saturated carbocycles. The Morgan fingerprint density at radius 2 is 1.42 bits per heavy atom. The highest BCUT2D eigenvalue weighted by molar-refractivity contribution is 5.95. The summed E-state index contributed by atoms with van der Waals surface area (Å²) in [5.41, 5.74) is 4.57. The van der Waals surface area contributed by atoms with Crippen molar-refractivity contribution in [3.8, 4) is 0 Å². The molecule has 0 bridgehead atoms. The molecule has 1 heterocycles. The number of aryl methyl sites for hydroxylation is 1. The minimum Gasteiger partial charge on any atom is -0.467 e. The monoisotopic (exact) mass is 313 g/mol. The summed E-state index contributed by atoms with van der Waals surface area (Å²) in [6.45, 7) is 2.09. The van der Waals surface area contributed by atoms with E-state index in [0.29, 0.717) is 0 Å².